The number of nitrogens with one attached hydrogen (secondary N) is 1. The van der Waals surface area contributed by atoms with Gasteiger partial charge in [0, 0.05) is 35.4 Å². The monoisotopic (exact) mass is 349 g/mol. The second-order valence-corrected chi connectivity index (χ2v) is 7.04. The van der Waals surface area contributed by atoms with Crippen molar-refractivity contribution in [3.05, 3.63) is 24.4 Å². The van der Waals surface area contributed by atoms with E-state index < -0.39 is 0 Å². The van der Waals surface area contributed by atoms with E-state index >= 15 is 0 Å². The summed E-state index contributed by atoms with van der Waals surface area (Å²) in [6, 6.07) is 7.69. The molecule has 2 aliphatic rings. The second kappa shape index (κ2) is 5.99. The Labute approximate surface area is 150 Å². The van der Waals surface area contributed by atoms with Gasteiger partial charge in [-0.05, 0) is 43.4 Å². The lowest BCUT2D eigenvalue weighted by atomic mass is 10.1. The lowest BCUT2D eigenvalue weighted by molar-refractivity contribution is -0.118. The number of anilines is 3. The Morgan fingerprint density at radius 1 is 1.42 bits per heavy atom. The molecule has 7 nitrogen and oxygen atoms in total. The number of nitriles is 1. The van der Waals surface area contributed by atoms with Crippen LogP contribution in [0.15, 0.2) is 24.4 Å². The molecule has 3 N–H and O–H groups in total. The molecular weight excluding hydrogens is 330 g/mol. The molecule has 4 rings (SSSR count). The minimum absolute atomic E-state index is 0.0927. The molecule has 1 saturated carbocycles. The summed E-state index contributed by atoms with van der Waals surface area (Å²) in [5.41, 5.74) is 7.47. The van der Waals surface area contributed by atoms with Crippen molar-refractivity contribution in [2.75, 3.05) is 16.0 Å². The predicted molar refractivity (Wildman–Crippen MR) is 98.2 cm³/mol. The topological polar surface area (TPSA) is 112 Å². The zero-order valence-corrected chi connectivity index (χ0v) is 14.4. The summed E-state index contributed by atoms with van der Waals surface area (Å²) in [4.78, 5) is 30.3. The van der Waals surface area contributed by atoms with E-state index in [0.717, 1.165) is 22.9 Å². The first-order valence-electron chi connectivity index (χ1n) is 8.69. The maximum absolute atomic E-state index is 12.2. The lowest BCUT2D eigenvalue weighted by Gasteiger charge is -2.22. The first-order chi connectivity index (χ1) is 12.5. The van der Waals surface area contributed by atoms with Gasteiger partial charge in [0.05, 0.1) is 17.9 Å². The number of carbonyl (C=O) groups excluding carboxylic acids is 2. The average molecular weight is 349 g/mol. The Hall–Kier alpha value is -3.14. The number of nitrogens with two attached hydrogens (primary N) is 1. The number of rotatable bonds is 3. The summed E-state index contributed by atoms with van der Waals surface area (Å²) in [6.07, 6.45) is 3.59. The third-order valence-electron chi connectivity index (χ3n) is 5.16. The summed E-state index contributed by atoms with van der Waals surface area (Å²) >= 11 is 0. The van der Waals surface area contributed by atoms with Gasteiger partial charge in [-0.1, -0.05) is 0 Å². The fourth-order valence-corrected chi connectivity index (χ4v) is 3.55. The first kappa shape index (κ1) is 16.3. The van der Waals surface area contributed by atoms with Crippen LogP contribution in [0.2, 0.25) is 0 Å². The van der Waals surface area contributed by atoms with Gasteiger partial charge >= 0.3 is 0 Å². The van der Waals surface area contributed by atoms with E-state index in [9.17, 15) is 9.59 Å². The number of fused-ring (bicyclic) bond motifs is 1. The van der Waals surface area contributed by atoms with Crippen molar-refractivity contribution in [3.8, 4) is 6.07 Å². The Bertz CT molecular complexity index is 964. The van der Waals surface area contributed by atoms with Crippen LogP contribution in [0.25, 0.3) is 10.8 Å². The van der Waals surface area contributed by atoms with Gasteiger partial charge < -0.3 is 16.0 Å². The van der Waals surface area contributed by atoms with Crippen LogP contribution in [0.5, 0.6) is 0 Å². The minimum Gasteiger partial charge on any atom is -0.398 e. The van der Waals surface area contributed by atoms with Gasteiger partial charge in [0.25, 0.3) is 0 Å². The van der Waals surface area contributed by atoms with E-state index in [0.29, 0.717) is 24.3 Å². The van der Waals surface area contributed by atoms with Gasteiger partial charge in [-0.2, -0.15) is 5.26 Å². The van der Waals surface area contributed by atoms with Crippen molar-refractivity contribution < 1.29 is 9.59 Å². The number of pyridine rings is 1. The van der Waals surface area contributed by atoms with Crippen LogP contribution >= 0.6 is 0 Å². The minimum atomic E-state index is -0.253. The van der Waals surface area contributed by atoms with Crippen LogP contribution in [0, 0.1) is 23.2 Å². The predicted octanol–water partition coefficient (Wildman–Crippen LogP) is 2.43. The largest absolute Gasteiger partial charge is 0.398 e. The van der Waals surface area contributed by atoms with Crippen molar-refractivity contribution in [2.24, 2.45) is 11.8 Å². The average Bonchev–Trinajstić information content (AvgIpc) is 3.33. The van der Waals surface area contributed by atoms with Crippen LogP contribution in [0.4, 0.5) is 17.2 Å². The molecular formula is C19H19N5O2. The number of hydrogen-bond acceptors (Lipinski definition) is 5. The molecule has 1 saturated heterocycles. The number of hydrogen-bond donors (Lipinski definition) is 2. The molecule has 0 bridgehead atoms. The smallest absolute Gasteiger partial charge is 0.230 e. The van der Waals surface area contributed by atoms with Gasteiger partial charge in [0.15, 0.2) is 0 Å². The highest BCUT2D eigenvalue weighted by atomic mass is 16.2. The Morgan fingerprint density at radius 2 is 2.23 bits per heavy atom. The SMILES string of the molecule is CC1CCC(=O)N1c1cc(N)c2cnc(NC(=O)C3CC3C#N)cc2c1. The summed E-state index contributed by atoms with van der Waals surface area (Å²) < 4.78 is 0. The zero-order chi connectivity index (χ0) is 18.4. The number of benzene rings is 1. The number of amides is 2. The third-order valence-corrected chi connectivity index (χ3v) is 5.16. The highest BCUT2D eigenvalue weighted by molar-refractivity contribution is 6.03. The molecule has 3 atom stereocenters. The molecule has 1 aliphatic heterocycles. The van der Waals surface area contributed by atoms with E-state index in [1.54, 1.807) is 23.2 Å². The van der Waals surface area contributed by atoms with Gasteiger partial charge in [-0.25, -0.2) is 4.98 Å². The van der Waals surface area contributed by atoms with Crippen LogP contribution in [0.3, 0.4) is 0 Å². The number of aromatic nitrogens is 1. The van der Waals surface area contributed by atoms with Crippen molar-refractivity contribution in [2.45, 2.75) is 32.2 Å². The molecule has 1 aromatic heterocycles. The standard InChI is InChI=1S/C19H19N5O2/c1-10-2-3-18(25)24(10)13-4-11-6-17(22-9-15(11)16(21)7-13)23-19(26)14-5-12(14)8-20/h4,6-7,9-10,12,14H,2-3,5,21H2,1H3,(H,22,23,26). The van der Waals surface area contributed by atoms with E-state index in [-0.39, 0.29) is 29.7 Å². The molecule has 2 aromatic rings. The van der Waals surface area contributed by atoms with E-state index in [2.05, 4.69) is 16.4 Å². The highest BCUT2D eigenvalue weighted by Crippen LogP contribution is 2.39. The lowest BCUT2D eigenvalue weighted by Crippen LogP contribution is -2.30. The van der Waals surface area contributed by atoms with Gasteiger partial charge in [-0.15, -0.1) is 0 Å². The Kier molecular flexibility index (Phi) is 3.76. The number of carbonyl (C=O) groups is 2. The normalized spacial score (nSPS) is 24.5. The molecule has 1 aliphatic carbocycles. The molecule has 0 radical (unpaired) electrons. The number of nitrogens with zero attached hydrogens (tertiary/aromatic N) is 3. The molecule has 26 heavy (non-hydrogen) atoms. The van der Waals surface area contributed by atoms with Crippen molar-refractivity contribution >= 4 is 39.8 Å². The van der Waals surface area contributed by atoms with Gasteiger partial charge in [0.1, 0.15) is 5.82 Å². The first-order valence-corrected chi connectivity index (χ1v) is 8.69. The Balaban J connectivity index is 1.65. The molecule has 132 valence electrons. The van der Waals surface area contributed by atoms with Crippen LogP contribution in [0.1, 0.15) is 26.2 Å². The summed E-state index contributed by atoms with van der Waals surface area (Å²) in [7, 11) is 0. The third kappa shape index (κ3) is 2.73. The summed E-state index contributed by atoms with van der Waals surface area (Å²) in [5, 5.41) is 13.2. The van der Waals surface area contributed by atoms with Crippen molar-refractivity contribution in [1.82, 2.24) is 4.98 Å². The molecule has 2 fully saturated rings. The zero-order valence-electron chi connectivity index (χ0n) is 14.4. The summed E-state index contributed by atoms with van der Waals surface area (Å²) in [6.45, 7) is 2.02. The molecule has 2 amide bonds. The fourth-order valence-electron chi connectivity index (χ4n) is 3.55. The quantitative estimate of drug-likeness (QED) is 0.827. The van der Waals surface area contributed by atoms with Crippen LogP contribution in [-0.2, 0) is 9.59 Å². The molecule has 7 heteroatoms. The molecule has 0 spiro atoms. The Morgan fingerprint density at radius 3 is 2.88 bits per heavy atom. The summed E-state index contributed by atoms with van der Waals surface area (Å²) in [5.74, 6) is -0.119. The molecule has 1 aromatic carbocycles. The maximum atomic E-state index is 12.2. The van der Waals surface area contributed by atoms with Gasteiger partial charge in [-0.3, -0.25) is 9.59 Å². The molecule has 2 heterocycles. The second-order valence-electron chi connectivity index (χ2n) is 7.04. The fraction of sp³-hybridized carbons (Fsp3) is 0.368. The highest BCUT2D eigenvalue weighted by Gasteiger charge is 2.43. The van der Waals surface area contributed by atoms with Crippen LogP contribution in [-0.4, -0.2) is 22.8 Å². The van der Waals surface area contributed by atoms with Crippen molar-refractivity contribution in [1.29, 1.82) is 5.26 Å². The number of nitrogen functional groups attached to an aromatic ring is 1. The van der Waals surface area contributed by atoms with Crippen molar-refractivity contribution in [3.63, 3.8) is 0 Å². The van der Waals surface area contributed by atoms with E-state index in [4.69, 9.17) is 11.0 Å². The molecule has 3 unspecified atom stereocenters. The van der Waals surface area contributed by atoms with Gasteiger partial charge in [0.2, 0.25) is 11.8 Å². The van der Waals surface area contributed by atoms with E-state index in [1.807, 2.05) is 13.0 Å². The van der Waals surface area contributed by atoms with E-state index in [1.165, 1.54) is 0 Å². The maximum Gasteiger partial charge on any atom is 0.230 e. The van der Waals surface area contributed by atoms with Crippen LogP contribution < -0.4 is 16.0 Å².